The van der Waals surface area contributed by atoms with Gasteiger partial charge >= 0.3 is 0 Å². The van der Waals surface area contributed by atoms with E-state index in [9.17, 15) is 0 Å². The third kappa shape index (κ3) is 2.80. The summed E-state index contributed by atoms with van der Waals surface area (Å²) in [6.45, 7) is 7.15. The summed E-state index contributed by atoms with van der Waals surface area (Å²) in [5, 5.41) is 4.38. The lowest BCUT2D eigenvalue weighted by molar-refractivity contribution is 0.315. The van der Waals surface area contributed by atoms with E-state index in [2.05, 4.69) is 43.4 Å². The van der Waals surface area contributed by atoms with E-state index in [4.69, 9.17) is 10.6 Å². The zero-order valence-corrected chi connectivity index (χ0v) is 13.1. The number of rotatable bonds is 6. The van der Waals surface area contributed by atoms with Gasteiger partial charge in [0.1, 0.15) is 0 Å². The van der Waals surface area contributed by atoms with Crippen molar-refractivity contribution in [1.29, 1.82) is 0 Å². The van der Waals surface area contributed by atoms with E-state index in [-0.39, 0.29) is 11.5 Å². The van der Waals surface area contributed by atoms with Crippen LogP contribution in [0.4, 0.5) is 0 Å². The molecule has 0 aliphatic carbocycles. The molecule has 1 aromatic heterocycles. The predicted octanol–water partition coefficient (Wildman–Crippen LogP) is 2.39. The number of nitrogens with one attached hydrogen (secondary N) is 1. The second-order valence-corrected chi connectivity index (χ2v) is 5.60. The Bertz CT molecular complexity index is 556. The highest BCUT2D eigenvalue weighted by molar-refractivity contribution is 5.35. The van der Waals surface area contributed by atoms with Crippen molar-refractivity contribution < 1.29 is 4.74 Å². The van der Waals surface area contributed by atoms with Crippen LogP contribution in [0, 0.1) is 0 Å². The lowest BCUT2D eigenvalue weighted by Gasteiger charge is -2.35. The first kappa shape index (κ1) is 15.5. The first-order valence-corrected chi connectivity index (χ1v) is 7.17. The second kappa shape index (κ2) is 6.28. The Kier molecular flexibility index (Phi) is 4.65. The van der Waals surface area contributed by atoms with Crippen molar-refractivity contribution in [3.8, 4) is 5.75 Å². The van der Waals surface area contributed by atoms with Crippen molar-refractivity contribution in [2.24, 2.45) is 5.84 Å². The number of methoxy groups -OCH3 is 1. The van der Waals surface area contributed by atoms with E-state index in [1.54, 1.807) is 13.3 Å². The molecule has 0 saturated carbocycles. The minimum absolute atomic E-state index is 0.114. The number of benzene rings is 1. The van der Waals surface area contributed by atoms with Gasteiger partial charge in [-0.25, -0.2) is 0 Å². The summed E-state index contributed by atoms with van der Waals surface area (Å²) < 4.78 is 7.39. The molecule has 2 aromatic rings. The number of ether oxygens (including phenoxy) is 1. The standard InChI is InChI=1S/C16H24N4O/c1-5-20-14(13(21-4)11-18-20)15(19-17)16(2,3)12-9-7-6-8-10-12/h6-11,15,19H,5,17H2,1-4H3. The molecule has 0 spiro atoms. The number of hydrogen-bond acceptors (Lipinski definition) is 4. The van der Waals surface area contributed by atoms with Gasteiger partial charge in [-0.15, -0.1) is 0 Å². The predicted molar refractivity (Wildman–Crippen MR) is 84.0 cm³/mol. The van der Waals surface area contributed by atoms with Gasteiger partial charge in [-0.2, -0.15) is 5.10 Å². The third-order valence-electron chi connectivity index (χ3n) is 4.04. The number of nitrogens with zero attached hydrogens (tertiary/aromatic N) is 2. The van der Waals surface area contributed by atoms with Crippen LogP contribution in [0.25, 0.3) is 0 Å². The van der Waals surface area contributed by atoms with E-state index in [1.807, 2.05) is 22.9 Å². The van der Waals surface area contributed by atoms with Gasteiger partial charge in [0.15, 0.2) is 5.75 Å². The van der Waals surface area contributed by atoms with Gasteiger partial charge < -0.3 is 4.74 Å². The molecule has 0 aliphatic rings. The Balaban J connectivity index is 2.51. The van der Waals surface area contributed by atoms with Crippen molar-refractivity contribution in [2.45, 2.75) is 38.8 Å². The summed E-state index contributed by atoms with van der Waals surface area (Å²) in [6.07, 6.45) is 1.74. The van der Waals surface area contributed by atoms with Crippen LogP contribution >= 0.6 is 0 Å². The summed E-state index contributed by atoms with van der Waals surface area (Å²) >= 11 is 0. The summed E-state index contributed by atoms with van der Waals surface area (Å²) in [5.74, 6) is 6.64. The number of nitrogens with two attached hydrogens (primary N) is 1. The van der Waals surface area contributed by atoms with Crippen molar-refractivity contribution >= 4 is 0 Å². The van der Waals surface area contributed by atoms with E-state index in [0.29, 0.717) is 0 Å². The summed E-state index contributed by atoms with van der Waals surface area (Å²) in [4.78, 5) is 0. The topological polar surface area (TPSA) is 65.1 Å². The van der Waals surface area contributed by atoms with Gasteiger partial charge in [-0.1, -0.05) is 44.2 Å². The Morgan fingerprint density at radius 2 is 2.00 bits per heavy atom. The maximum Gasteiger partial charge on any atom is 0.161 e. The summed E-state index contributed by atoms with van der Waals surface area (Å²) in [5.41, 5.74) is 4.92. The molecule has 1 aromatic carbocycles. The highest BCUT2D eigenvalue weighted by Crippen LogP contribution is 2.39. The third-order valence-corrected chi connectivity index (χ3v) is 4.04. The summed E-state index contributed by atoms with van der Waals surface area (Å²) in [7, 11) is 1.66. The van der Waals surface area contributed by atoms with Crippen molar-refractivity contribution in [3.63, 3.8) is 0 Å². The van der Waals surface area contributed by atoms with Gasteiger partial charge in [-0.3, -0.25) is 16.0 Å². The monoisotopic (exact) mass is 288 g/mol. The molecular weight excluding hydrogens is 264 g/mol. The molecule has 1 atom stereocenters. The van der Waals surface area contributed by atoms with Crippen molar-refractivity contribution in [3.05, 3.63) is 47.8 Å². The van der Waals surface area contributed by atoms with Gasteiger partial charge in [0, 0.05) is 12.0 Å². The highest BCUT2D eigenvalue weighted by atomic mass is 16.5. The minimum Gasteiger partial charge on any atom is -0.493 e. The van der Waals surface area contributed by atoms with Crippen LogP contribution < -0.4 is 16.0 Å². The average Bonchev–Trinajstić information content (AvgIpc) is 2.91. The quantitative estimate of drug-likeness (QED) is 0.633. The van der Waals surface area contributed by atoms with E-state index in [1.165, 1.54) is 5.56 Å². The van der Waals surface area contributed by atoms with E-state index < -0.39 is 0 Å². The SMILES string of the molecule is CCn1ncc(OC)c1C(NN)C(C)(C)c1ccccc1. The van der Waals surface area contributed by atoms with Gasteiger partial charge in [-0.05, 0) is 12.5 Å². The fourth-order valence-electron chi connectivity index (χ4n) is 2.74. The van der Waals surface area contributed by atoms with Crippen LogP contribution in [0.15, 0.2) is 36.5 Å². The Labute approximate surface area is 126 Å². The van der Waals surface area contributed by atoms with Gasteiger partial charge in [0.05, 0.1) is 25.0 Å². The number of hydrazine groups is 1. The molecule has 5 heteroatoms. The molecule has 3 N–H and O–H groups in total. The van der Waals surface area contributed by atoms with Crippen LogP contribution in [0.3, 0.4) is 0 Å². The van der Waals surface area contributed by atoms with E-state index in [0.717, 1.165) is 18.0 Å². The highest BCUT2D eigenvalue weighted by Gasteiger charge is 2.36. The van der Waals surface area contributed by atoms with Gasteiger partial charge in [0.2, 0.25) is 0 Å². The molecule has 0 bridgehead atoms. The average molecular weight is 288 g/mol. The number of hydrogen-bond donors (Lipinski definition) is 2. The number of aryl methyl sites for hydroxylation is 1. The zero-order chi connectivity index (χ0) is 15.5. The molecule has 1 heterocycles. The molecule has 2 rings (SSSR count). The number of aromatic nitrogens is 2. The molecule has 21 heavy (non-hydrogen) atoms. The van der Waals surface area contributed by atoms with E-state index >= 15 is 0 Å². The van der Waals surface area contributed by atoms with Crippen LogP contribution in [-0.2, 0) is 12.0 Å². The fraction of sp³-hybridized carbons (Fsp3) is 0.438. The van der Waals surface area contributed by atoms with Crippen LogP contribution in [-0.4, -0.2) is 16.9 Å². The van der Waals surface area contributed by atoms with Crippen LogP contribution in [0.5, 0.6) is 5.75 Å². The zero-order valence-electron chi connectivity index (χ0n) is 13.1. The molecule has 0 saturated heterocycles. The Morgan fingerprint density at radius 3 is 2.52 bits per heavy atom. The fourth-order valence-corrected chi connectivity index (χ4v) is 2.74. The molecule has 0 fully saturated rings. The second-order valence-electron chi connectivity index (χ2n) is 5.60. The molecule has 0 aliphatic heterocycles. The Hall–Kier alpha value is -1.85. The van der Waals surface area contributed by atoms with Crippen LogP contribution in [0.1, 0.15) is 38.1 Å². The van der Waals surface area contributed by atoms with Crippen molar-refractivity contribution in [1.82, 2.24) is 15.2 Å². The lowest BCUT2D eigenvalue weighted by atomic mass is 9.76. The maximum atomic E-state index is 5.89. The summed E-state index contributed by atoms with van der Waals surface area (Å²) in [6, 6.07) is 10.2. The lowest BCUT2D eigenvalue weighted by Crippen LogP contribution is -2.42. The molecule has 0 amide bonds. The largest absolute Gasteiger partial charge is 0.493 e. The molecule has 1 unspecified atom stereocenters. The normalized spacial score (nSPS) is 13.2. The molecular formula is C16H24N4O. The molecule has 0 radical (unpaired) electrons. The van der Waals surface area contributed by atoms with Crippen LogP contribution in [0.2, 0.25) is 0 Å². The smallest absolute Gasteiger partial charge is 0.161 e. The first-order chi connectivity index (χ1) is 10.1. The minimum atomic E-state index is -0.212. The first-order valence-electron chi connectivity index (χ1n) is 7.17. The Morgan fingerprint density at radius 1 is 1.33 bits per heavy atom. The van der Waals surface area contributed by atoms with Gasteiger partial charge in [0.25, 0.3) is 0 Å². The maximum absolute atomic E-state index is 5.89. The molecule has 114 valence electrons. The molecule has 5 nitrogen and oxygen atoms in total. The van der Waals surface area contributed by atoms with Crippen molar-refractivity contribution in [2.75, 3.05) is 7.11 Å².